The molecule has 0 heterocycles. The Morgan fingerprint density at radius 1 is 1.53 bits per heavy atom. The van der Waals surface area contributed by atoms with Gasteiger partial charge < -0.3 is 4.74 Å². The number of esters is 1. The fourth-order valence-corrected chi connectivity index (χ4v) is 1.76. The molecule has 0 spiro atoms. The summed E-state index contributed by atoms with van der Waals surface area (Å²) >= 11 is 0. The van der Waals surface area contributed by atoms with Crippen LogP contribution in [-0.4, -0.2) is 12.6 Å². The third kappa shape index (κ3) is 2.04. The van der Waals surface area contributed by atoms with Crippen molar-refractivity contribution >= 4 is 5.97 Å². The molecular weight excluding hydrogens is 190 g/mol. The highest BCUT2D eigenvalue weighted by Crippen LogP contribution is 2.42. The number of nitrogens with zero attached hydrogens (tertiary/aromatic N) is 1. The van der Waals surface area contributed by atoms with E-state index in [0.717, 1.165) is 18.4 Å². The van der Waals surface area contributed by atoms with Crippen molar-refractivity contribution in [2.75, 3.05) is 6.61 Å². The molecule has 3 heteroatoms. The SMILES string of the molecule is CCOC(=O)[C@@](C#N)(CC)C(C)=C1CC1. The lowest BCUT2D eigenvalue weighted by molar-refractivity contribution is -0.150. The molecule has 0 unspecified atom stereocenters. The van der Waals surface area contributed by atoms with Gasteiger partial charge in [-0.25, -0.2) is 4.79 Å². The van der Waals surface area contributed by atoms with Gasteiger partial charge in [-0.15, -0.1) is 0 Å². The summed E-state index contributed by atoms with van der Waals surface area (Å²) in [6, 6.07) is 2.14. The van der Waals surface area contributed by atoms with Gasteiger partial charge in [0.15, 0.2) is 5.41 Å². The van der Waals surface area contributed by atoms with Crippen LogP contribution in [0.25, 0.3) is 0 Å². The number of nitriles is 1. The number of allylic oxidation sites excluding steroid dienone is 1. The van der Waals surface area contributed by atoms with Crippen molar-refractivity contribution in [1.29, 1.82) is 5.26 Å². The summed E-state index contributed by atoms with van der Waals surface area (Å²) in [6.45, 7) is 5.82. The molecule has 1 fully saturated rings. The molecule has 0 aliphatic heterocycles. The van der Waals surface area contributed by atoms with E-state index in [9.17, 15) is 10.1 Å². The maximum atomic E-state index is 11.8. The molecule has 15 heavy (non-hydrogen) atoms. The van der Waals surface area contributed by atoms with Gasteiger partial charge in [-0.3, -0.25) is 0 Å². The van der Waals surface area contributed by atoms with Gasteiger partial charge in [0.05, 0.1) is 12.7 Å². The van der Waals surface area contributed by atoms with Crippen LogP contribution in [0.15, 0.2) is 11.1 Å². The van der Waals surface area contributed by atoms with Crippen LogP contribution in [0, 0.1) is 16.7 Å². The predicted molar refractivity (Wildman–Crippen MR) is 56.9 cm³/mol. The molecule has 82 valence electrons. The molecule has 0 saturated heterocycles. The first-order valence-electron chi connectivity index (χ1n) is 5.40. The first kappa shape index (κ1) is 11.8. The molecule has 1 saturated carbocycles. The summed E-state index contributed by atoms with van der Waals surface area (Å²) in [5.74, 6) is -0.396. The van der Waals surface area contributed by atoms with Crippen LogP contribution in [-0.2, 0) is 9.53 Å². The maximum absolute atomic E-state index is 11.8. The first-order valence-corrected chi connectivity index (χ1v) is 5.40. The summed E-state index contributed by atoms with van der Waals surface area (Å²) < 4.78 is 4.99. The van der Waals surface area contributed by atoms with Crippen LogP contribution in [0.2, 0.25) is 0 Å². The van der Waals surface area contributed by atoms with Crippen LogP contribution >= 0.6 is 0 Å². The second-order valence-electron chi connectivity index (χ2n) is 3.82. The molecule has 0 aromatic carbocycles. The molecule has 1 aliphatic rings. The number of hydrogen-bond donors (Lipinski definition) is 0. The fourth-order valence-electron chi connectivity index (χ4n) is 1.76. The van der Waals surface area contributed by atoms with Gasteiger partial charge in [-0.2, -0.15) is 5.26 Å². The second kappa shape index (κ2) is 4.48. The Kier molecular flexibility index (Phi) is 3.52. The second-order valence-corrected chi connectivity index (χ2v) is 3.82. The van der Waals surface area contributed by atoms with Gasteiger partial charge in [-0.1, -0.05) is 12.5 Å². The summed E-state index contributed by atoms with van der Waals surface area (Å²) in [7, 11) is 0. The van der Waals surface area contributed by atoms with Crippen molar-refractivity contribution in [3.63, 3.8) is 0 Å². The average molecular weight is 207 g/mol. The normalized spacial score (nSPS) is 17.6. The highest BCUT2D eigenvalue weighted by atomic mass is 16.5. The number of carbonyl (C=O) groups is 1. The number of carbonyl (C=O) groups excluding carboxylic acids is 1. The quantitative estimate of drug-likeness (QED) is 0.526. The topological polar surface area (TPSA) is 50.1 Å². The third-order valence-electron chi connectivity index (χ3n) is 3.02. The molecule has 1 aliphatic carbocycles. The minimum absolute atomic E-state index is 0.324. The Labute approximate surface area is 90.7 Å². The zero-order valence-corrected chi connectivity index (χ0v) is 9.59. The highest BCUT2D eigenvalue weighted by Gasteiger charge is 2.43. The molecule has 0 bridgehead atoms. The summed E-state index contributed by atoms with van der Waals surface area (Å²) in [5, 5.41) is 9.24. The van der Waals surface area contributed by atoms with E-state index in [1.54, 1.807) is 6.92 Å². The first-order chi connectivity index (χ1) is 7.12. The molecule has 0 aromatic rings. The zero-order valence-electron chi connectivity index (χ0n) is 9.59. The minimum atomic E-state index is -1.04. The lowest BCUT2D eigenvalue weighted by atomic mass is 9.79. The van der Waals surface area contributed by atoms with Gasteiger partial charge in [0.2, 0.25) is 0 Å². The van der Waals surface area contributed by atoms with Crippen molar-refractivity contribution in [2.24, 2.45) is 5.41 Å². The minimum Gasteiger partial charge on any atom is -0.465 e. The van der Waals surface area contributed by atoms with E-state index >= 15 is 0 Å². The summed E-state index contributed by atoms with van der Waals surface area (Å²) in [6.07, 6.45) is 2.53. The Balaban J connectivity index is 3.03. The molecule has 3 nitrogen and oxygen atoms in total. The largest absolute Gasteiger partial charge is 0.465 e. The van der Waals surface area contributed by atoms with Gasteiger partial charge in [-0.05, 0) is 38.7 Å². The van der Waals surface area contributed by atoms with Gasteiger partial charge in [0, 0.05) is 0 Å². The van der Waals surface area contributed by atoms with E-state index in [1.807, 2.05) is 13.8 Å². The third-order valence-corrected chi connectivity index (χ3v) is 3.02. The molecule has 0 amide bonds. The molecule has 0 radical (unpaired) electrons. The monoisotopic (exact) mass is 207 g/mol. The number of hydrogen-bond acceptors (Lipinski definition) is 3. The fraction of sp³-hybridized carbons (Fsp3) is 0.667. The maximum Gasteiger partial charge on any atom is 0.330 e. The van der Waals surface area contributed by atoms with Crippen LogP contribution < -0.4 is 0 Å². The van der Waals surface area contributed by atoms with Crippen molar-refractivity contribution in [3.05, 3.63) is 11.1 Å². The predicted octanol–water partition coefficient (Wildman–Crippen LogP) is 2.58. The smallest absolute Gasteiger partial charge is 0.330 e. The highest BCUT2D eigenvalue weighted by molar-refractivity contribution is 5.84. The molecule has 0 aromatic heterocycles. The van der Waals surface area contributed by atoms with E-state index in [2.05, 4.69) is 6.07 Å². The van der Waals surface area contributed by atoms with E-state index in [-0.39, 0.29) is 0 Å². The van der Waals surface area contributed by atoms with Crippen molar-refractivity contribution in [3.8, 4) is 6.07 Å². The number of ether oxygens (including phenoxy) is 1. The number of rotatable bonds is 4. The Morgan fingerprint density at radius 3 is 2.47 bits per heavy atom. The zero-order chi connectivity index (χ0) is 11.5. The molecule has 1 rings (SSSR count). The van der Waals surface area contributed by atoms with E-state index in [0.29, 0.717) is 13.0 Å². The average Bonchev–Trinajstić information content (AvgIpc) is 3.04. The lowest BCUT2D eigenvalue weighted by Crippen LogP contribution is -2.32. The Hall–Kier alpha value is -1.30. The standard InChI is InChI=1S/C12H17NO2/c1-4-12(8-13,11(14)15-5-2)9(3)10-6-7-10/h4-7H2,1-3H3/t12-/m1/s1. The lowest BCUT2D eigenvalue weighted by Gasteiger charge is -2.23. The summed E-state index contributed by atoms with van der Waals surface area (Å²) in [4.78, 5) is 11.8. The van der Waals surface area contributed by atoms with Crippen LogP contribution in [0.4, 0.5) is 0 Å². The van der Waals surface area contributed by atoms with Gasteiger partial charge >= 0.3 is 5.97 Å². The Morgan fingerprint density at radius 2 is 2.13 bits per heavy atom. The van der Waals surface area contributed by atoms with Crippen LogP contribution in [0.1, 0.15) is 40.0 Å². The van der Waals surface area contributed by atoms with Crippen molar-refractivity contribution in [1.82, 2.24) is 0 Å². The van der Waals surface area contributed by atoms with Crippen LogP contribution in [0.5, 0.6) is 0 Å². The molecule has 0 N–H and O–H groups in total. The van der Waals surface area contributed by atoms with Gasteiger partial charge in [0.1, 0.15) is 0 Å². The van der Waals surface area contributed by atoms with Crippen LogP contribution in [0.3, 0.4) is 0 Å². The van der Waals surface area contributed by atoms with E-state index in [4.69, 9.17) is 4.74 Å². The molecular formula is C12H17NO2. The van der Waals surface area contributed by atoms with Crippen molar-refractivity contribution in [2.45, 2.75) is 40.0 Å². The molecule has 1 atom stereocenters. The van der Waals surface area contributed by atoms with E-state index in [1.165, 1.54) is 5.57 Å². The Bertz CT molecular complexity index is 332. The summed E-state index contributed by atoms with van der Waals surface area (Å²) in [5.41, 5.74) is 1.11. The van der Waals surface area contributed by atoms with E-state index < -0.39 is 11.4 Å². The van der Waals surface area contributed by atoms with Gasteiger partial charge in [0.25, 0.3) is 0 Å². The van der Waals surface area contributed by atoms with Crippen molar-refractivity contribution < 1.29 is 9.53 Å².